The molecule has 5 aromatic carbocycles. The molecule has 0 saturated heterocycles. The lowest BCUT2D eigenvalue weighted by Crippen LogP contribution is -2.62. The number of nitrogens with one attached hydrogen (secondary N) is 10. The van der Waals surface area contributed by atoms with E-state index in [0.717, 1.165) is 22.4 Å². The molecule has 30 atom stereocenters. The summed E-state index contributed by atoms with van der Waals surface area (Å²) in [5.41, 5.74) is 12.3. The molecular weight excluding hydrogens is 1970 g/mol. The van der Waals surface area contributed by atoms with Crippen molar-refractivity contribution in [2.45, 2.75) is 216 Å². The second kappa shape index (κ2) is 57.8. The van der Waals surface area contributed by atoms with Crippen LogP contribution in [-0.2, 0) is 19.5 Å². The highest BCUT2D eigenvalue weighted by atomic mass is 32.1. The molecule has 6 aliphatic rings. The standard InChI is InChI=1S/C17H25N3O7S.C15H21N3O5S.2C14H19N3O5S.C13H17N3O5S.C11H21N3O5S/c1-26-9-4-3-8(7-10(9)27-2)5-6-18-17(28)20-19-11-12(21)14(23)16(25)15(24)13(11)22;1-18(15(24)16-7-8-5-3-2-4-6-8)17-9-10(19)12(21)14(23)13(22)11(9)20;1-17(14(23)15-7-5-3-2-4-6-7)16-8-9(18)11(20)13(22)12(21)10(8)19;18-9-8(10(19)12(21)13(22)11(9)20)16-17-14(23)15-6-7-4-2-1-3-5-7;17-8-7(9(18)11(20)12(21)10(8)19)15-16-13(22)14-6-4-2-1-3-5-6;1-4(2)3-12-11(20)14-13-5-6(15)8(17)10(19)9(18)7(5)16/h3-4,7,12-16,21-25H,5-6H2,1-2H3,(H2,18,20,28);2-6,10-14,19-23H,7H2,1H3,(H,16,24);2-6,9-13,18-22H,1H3,(H,15,23);1-5,9-13,18-22H,6H2,(H2,15,17,23);1-5,8-12,17-21H,(H2,14,16,22);4,6-10,15-19H,3H2,1-2H3,(H2,12,14,20)/t12-,13+,14-,15-,16?;10-,11+,12-,13-,14?;2*9-,10+,11-,12-,13?;8-,9+,10-,11-,12?;6-,7+,8-,9-,10?/m111111/s1. The molecule has 0 aromatic heterocycles. The third-order valence-electron chi connectivity index (χ3n) is 21.4. The van der Waals surface area contributed by atoms with Crippen LogP contribution in [-0.4, -0.2) is 453 Å². The first-order valence-electron chi connectivity index (χ1n) is 42.6. The number of benzene rings is 5. The fourth-order valence-corrected chi connectivity index (χ4v) is 13.9. The van der Waals surface area contributed by atoms with Gasteiger partial charge < -0.3 is 195 Å². The van der Waals surface area contributed by atoms with Gasteiger partial charge in [-0.15, -0.1) is 0 Å². The summed E-state index contributed by atoms with van der Waals surface area (Å²) >= 11 is 30.3. The first-order chi connectivity index (χ1) is 66.0. The summed E-state index contributed by atoms with van der Waals surface area (Å²) in [5.74, 6) is 1.62. The maximum atomic E-state index is 9.93. The molecule has 0 spiro atoms. The Labute approximate surface area is 833 Å². The Balaban J connectivity index is 0.000000258. The average molecular weight is 2090 g/mol. The molecule has 0 radical (unpaired) electrons. The van der Waals surface area contributed by atoms with Crippen molar-refractivity contribution < 1.29 is 163 Å². The molecule has 0 amide bonds. The van der Waals surface area contributed by atoms with Crippen molar-refractivity contribution in [2.75, 3.05) is 52.0 Å². The molecule has 0 bridgehead atoms. The number of methoxy groups -OCH3 is 2. The second-order valence-electron chi connectivity index (χ2n) is 32.1. The number of aliphatic hydroxyl groups is 30. The third-order valence-corrected chi connectivity index (χ3v) is 23.1. The van der Waals surface area contributed by atoms with Crippen LogP contribution < -0.4 is 63.1 Å². The molecule has 140 heavy (non-hydrogen) atoms. The van der Waals surface area contributed by atoms with Gasteiger partial charge in [0.1, 0.15) is 217 Å². The predicted molar refractivity (Wildman–Crippen MR) is 529 cm³/mol. The minimum atomic E-state index is -1.68. The van der Waals surface area contributed by atoms with Gasteiger partial charge in [-0.05, 0) is 139 Å². The fourth-order valence-electron chi connectivity index (χ4n) is 13.1. The highest BCUT2D eigenvalue weighted by Gasteiger charge is 2.52. The molecule has 56 heteroatoms. The van der Waals surface area contributed by atoms with Gasteiger partial charge in [0, 0.05) is 51.6 Å². The predicted octanol–water partition coefficient (Wildman–Crippen LogP) is -12.2. The number of hydrazone groups is 6. The molecule has 0 aliphatic heterocycles. The summed E-state index contributed by atoms with van der Waals surface area (Å²) in [6.07, 6.45) is -48.7. The summed E-state index contributed by atoms with van der Waals surface area (Å²) in [5, 5.41) is 334. The van der Waals surface area contributed by atoms with E-state index in [1.54, 1.807) is 56.7 Å². The lowest BCUT2D eigenvalue weighted by atomic mass is 9.85. The number of hydrogen-bond donors (Lipinski definition) is 40. The lowest BCUT2D eigenvalue weighted by molar-refractivity contribution is -0.130. The number of aliphatic hydroxyl groups excluding tert-OH is 30. The summed E-state index contributed by atoms with van der Waals surface area (Å²) in [6.45, 7) is 5.97. The molecule has 6 saturated carbocycles. The molecule has 6 unspecified atom stereocenters. The SMILES string of the molecule is CC(C)CNC(=S)NN=C1[C@@H](O)[C@@H](O)C(O)[C@H](O)[C@H]1O.CN(N=C1[C@@H](O)[C@@H](O)C(O)[C@H](O)[C@H]1O)C(=S)NCc1ccccc1.CN(N=C1[C@@H](O)[C@@H](O)C(O)[C@H](O)[C@H]1O)C(=S)Nc1ccccc1.COc1ccc(CCNC(=S)NN=C2[C@@H](O)[C@@H](O)C(O)[C@H](O)[C@H]2O)cc1OC.OC1[C@H](O)[C@H](O)C(=NNC(=S)NCc2ccccc2)[C@H](O)[C@H]1O.OC1[C@H](O)[C@H](O)C(=NNC(=S)Nc2ccccc2)[C@H](O)[C@H]1O. The first kappa shape index (κ1) is 119. The van der Waals surface area contributed by atoms with Crippen LogP contribution in [0.15, 0.2) is 170 Å². The van der Waals surface area contributed by atoms with Crippen LogP contribution in [0.5, 0.6) is 11.5 Å². The van der Waals surface area contributed by atoms with Gasteiger partial charge in [0.15, 0.2) is 42.2 Å². The van der Waals surface area contributed by atoms with Crippen LogP contribution in [0, 0.1) is 5.92 Å². The van der Waals surface area contributed by atoms with E-state index in [1.165, 1.54) is 24.1 Å². The molecular formula is C84H122N18O32S6. The number of hydrogen-bond acceptors (Lipinski definition) is 44. The zero-order valence-corrected chi connectivity index (χ0v) is 80.4. The van der Waals surface area contributed by atoms with Crippen LogP contribution in [0.4, 0.5) is 11.4 Å². The van der Waals surface area contributed by atoms with Gasteiger partial charge in [0.2, 0.25) is 0 Å². The zero-order chi connectivity index (χ0) is 105. The Hall–Kier alpha value is -9.34. The van der Waals surface area contributed by atoms with Crippen molar-refractivity contribution in [3.8, 4) is 11.5 Å². The van der Waals surface area contributed by atoms with E-state index < -0.39 is 183 Å². The van der Waals surface area contributed by atoms with E-state index in [4.69, 9.17) is 82.8 Å². The molecule has 5 aromatic rings. The van der Waals surface area contributed by atoms with Gasteiger partial charge in [0.25, 0.3) is 0 Å². The Bertz CT molecular complexity index is 4840. The van der Waals surface area contributed by atoms with Crippen LogP contribution in [0.2, 0.25) is 0 Å². The van der Waals surface area contributed by atoms with Gasteiger partial charge in [0.05, 0.1) is 14.2 Å². The molecule has 11 rings (SSSR count). The quantitative estimate of drug-likeness (QED) is 0.0270. The van der Waals surface area contributed by atoms with Crippen molar-refractivity contribution in [3.63, 3.8) is 0 Å². The fraction of sp³-hybridized carbons (Fsp3) is 0.500. The third kappa shape index (κ3) is 33.9. The summed E-state index contributed by atoms with van der Waals surface area (Å²) < 4.78 is 10.4. The maximum absolute atomic E-state index is 9.93. The molecule has 6 fully saturated rings. The Morgan fingerprint density at radius 2 is 0.557 bits per heavy atom. The normalized spacial score (nSPS) is 32.3. The van der Waals surface area contributed by atoms with Gasteiger partial charge in [-0.3, -0.25) is 21.7 Å². The molecule has 6 aliphatic carbocycles. The average Bonchev–Trinajstić information content (AvgIpc) is 0.805. The van der Waals surface area contributed by atoms with Crippen molar-refractivity contribution in [1.82, 2.24) is 53.0 Å². The Morgan fingerprint density at radius 1 is 0.293 bits per heavy atom. The number of ether oxygens (including phenoxy) is 2. The Kier molecular flexibility index (Phi) is 49.3. The van der Waals surface area contributed by atoms with Crippen molar-refractivity contribution in [2.24, 2.45) is 36.5 Å². The lowest BCUT2D eigenvalue weighted by Gasteiger charge is -2.37. The Morgan fingerprint density at radius 3 is 0.864 bits per heavy atom. The van der Waals surface area contributed by atoms with Gasteiger partial charge in [-0.25, -0.2) is 10.0 Å². The van der Waals surface area contributed by atoms with E-state index in [1.807, 2.05) is 111 Å². The maximum Gasteiger partial charge on any atom is 0.193 e. The van der Waals surface area contributed by atoms with E-state index in [0.29, 0.717) is 55.7 Å². The second-order valence-corrected chi connectivity index (χ2v) is 34.5. The van der Waals surface area contributed by atoms with E-state index in [-0.39, 0.29) is 64.9 Å². The monoisotopic (exact) mass is 2090 g/mol. The smallest absolute Gasteiger partial charge is 0.193 e. The minimum absolute atomic E-state index is 0.0909. The molecule has 40 N–H and O–H groups in total. The van der Waals surface area contributed by atoms with Gasteiger partial charge in [-0.1, -0.05) is 117 Å². The number of nitrogens with zero attached hydrogens (tertiary/aromatic N) is 8. The van der Waals surface area contributed by atoms with Crippen molar-refractivity contribution >= 4 is 150 Å². The number of thiocarbonyl (C=S) groups is 6. The molecule has 776 valence electrons. The van der Waals surface area contributed by atoms with E-state index in [2.05, 4.69) is 84.2 Å². The zero-order valence-electron chi connectivity index (χ0n) is 75.5. The van der Waals surface area contributed by atoms with Crippen molar-refractivity contribution in [3.05, 3.63) is 156 Å². The van der Waals surface area contributed by atoms with E-state index in [9.17, 15) is 153 Å². The van der Waals surface area contributed by atoms with Crippen LogP contribution >= 0.6 is 73.3 Å². The summed E-state index contributed by atoms with van der Waals surface area (Å²) in [4.78, 5) is 0. The van der Waals surface area contributed by atoms with Crippen LogP contribution in [0.25, 0.3) is 0 Å². The topological polar surface area (TPSA) is 826 Å². The van der Waals surface area contributed by atoms with Crippen LogP contribution in [0.3, 0.4) is 0 Å². The molecule has 0 heterocycles. The van der Waals surface area contributed by atoms with Crippen LogP contribution in [0.1, 0.15) is 30.5 Å². The molecule has 50 nitrogen and oxygen atoms in total. The van der Waals surface area contributed by atoms with Crippen molar-refractivity contribution in [1.29, 1.82) is 0 Å². The van der Waals surface area contributed by atoms with Gasteiger partial charge in [-0.2, -0.15) is 30.6 Å². The highest BCUT2D eigenvalue weighted by molar-refractivity contribution is 7.81. The van der Waals surface area contributed by atoms with E-state index >= 15 is 0 Å². The summed E-state index contributed by atoms with van der Waals surface area (Å²) in [7, 11) is 6.09. The largest absolute Gasteiger partial charge is 0.493 e. The number of anilines is 2. The van der Waals surface area contributed by atoms with Gasteiger partial charge >= 0.3 is 0 Å². The number of para-hydroxylation sites is 2. The highest BCUT2D eigenvalue weighted by Crippen LogP contribution is 2.30. The minimum Gasteiger partial charge on any atom is -0.493 e. The number of rotatable bonds is 19. The summed E-state index contributed by atoms with van der Waals surface area (Å²) in [6, 6.07) is 42.6. The first-order valence-corrected chi connectivity index (χ1v) is 45.0.